The zero-order valence-corrected chi connectivity index (χ0v) is 17.9. The Morgan fingerprint density at radius 1 is 1.03 bits per heavy atom. The fraction of sp³-hybridized carbons (Fsp3) is 0.542. The average Bonchev–Trinajstić information content (AvgIpc) is 3.27. The lowest BCUT2D eigenvalue weighted by molar-refractivity contribution is -0.137. The third kappa shape index (κ3) is 4.58. The molecule has 4 rings (SSSR count). The minimum Gasteiger partial charge on any atom is -0.351 e. The summed E-state index contributed by atoms with van der Waals surface area (Å²) in [4.78, 5) is 27.5. The first kappa shape index (κ1) is 20.6. The van der Waals surface area contributed by atoms with E-state index in [1.54, 1.807) is 6.07 Å². The number of aryl methyl sites for hydroxylation is 2. The molecular weight excluding hydrogens is 378 g/mol. The molecule has 1 aliphatic carbocycles. The van der Waals surface area contributed by atoms with Gasteiger partial charge in [-0.3, -0.25) is 9.59 Å². The van der Waals surface area contributed by atoms with E-state index >= 15 is 0 Å². The molecule has 1 aromatic carbocycles. The molecule has 2 aromatic rings. The van der Waals surface area contributed by atoms with Crippen molar-refractivity contribution in [3.05, 3.63) is 46.8 Å². The number of rotatable bonds is 4. The highest BCUT2D eigenvalue weighted by atomic mass is 16.5. The third-order valence-corrected chi connectivity index (χ3v) is 6.62. The Labute approximate surface area is 178 Å². The van der Waals surface area contributed by atoms with Crippen molar-refractivity contribution in [1.82, 2.24) is 10.1 Å². The first-order valence-electron chi connectivity index (χ1n) is 11.2. The van der Waals surface area contributed by atoms with Crippen LogP contribution in [0.15, 0.2) is 28.8 Å². The number of nitrogens with one attached hydrogen (secondary N) is 1. The predicted molar refractivity (Wildman–Crippen MR) is 116 cm³/mol. The summed E-state index contributed by atoms with van der Waals surface area (Å²) < 4.78 is 5.35. The molecule has 0 unspecified atom stereocenters. The van der Waals surface area contributed by atoms with E-state index in [2.05, 4.69) is 10.5 Å². The molecule has 1 aromatic heterocycles. The lowest BCUT2D eigenvalue weighted by atomic mass is 9.87. The summed E-state index contributed by atoms with van der Waals surface area (Å²) in [5, 5.41) is 7.04. The van der Waals surface area contributed by atoms with Crippen LogP contribution in [0.3, 0.4) is 0 Å². The molecule has 2 amide bonds. The van der Waals surface area contributed by atoms with Gasteiger partial charge in [-0.1, -0.05) is 30.5 Å². The maximum absolute atomic E-state index is 12.9. The number of nitrogens with zero attached hydrogens (tertiary/aromatic N) is 2. The van der Waals surface area contributed by atoms with Crippen molar-refractivity contribution in [1.29, 1.82) is 0 Å². The highest BCUT2D eigenvalue weighted by Gasteiger charge is 2.31. The number of anilines is 1. The minimum atomic E-state index is -0.303. The van der Waals surface area contributed by atoms with E-state index in [0.29, 0.717) is 12.5 Å². The van der Waals surface area contributed by atoms with Crippen molar-refractivity contribution in [3.63, 3.8) is 0 Å². The van der Waals surface area contributed by atoms with Gasteiger partial charge in [0.1, 0.15) is 0 Å². The van der Waals surface area contributed by atoms with Crippen LogP contribution in [0, 0.1) is 19.8 Å². The van der Waals surface area contributed by atoms with Crippen molar-refractivity contribution in [3.8, 4) is 0 Å². The van der Waals surface area contributed by atoms with Gasteiger partial charge in [0, 0.05) is 36.7 Å². The van der Waals surface area contributed by atoms with E-state index in [9.17, 15) is 9.59 Å². The molecule has 1 saturated heterocycles. The second-order valence-corrected chi connectivity index (χ2v) is 8.83. The average molecular weight is 410 g/mol. The molecule has 0 spiro atoms. The fourth-order valence-corrected chi connectivity index (χ4v) is 4.63. The maximum atomic E-state index is 12.9. The van der Waals surface area contributed by atoms with Crippen LogP contribution in [0.1, 0.15) is 78.2 Å². The van der Waals surface area contributed by atoms with Gasteiger partial charge >= 0.3 is 0 Å². The molecule has 30 heavy (non-hydrogen) atoms. The standard InChI is InChI=1S/C24H31N3O3/c1-16-10-11-20(13-17(16)2)25-23(28)22-14-21(26-30-22)19-9-6-12-27(15-19)24(29)18-7-4-3-5-8-18/h10-11,13-14,18-19H,3-9,12,15H2,1-2H3,(H,25,28)/t19-/m0/s1. The van der Waals surface area contributed by atoms with Crippen molar-refractivity contribution in [2.45, 2.75) is 64.7 Å². The van der Waals surface area contributed by atoms with Crippen molar-refractivity contribution >= 4 is 17.5 Å². The monoisotopic (exact) mass is 409 g/mol. The van der Waals surface area contributed by atoms with Crippen molar-refractivity contribution in [2.24, 2.45) is 5.92 Å². The Kier molecular flexibility index (Phi) is 6.21. The van der Waals surface area contributed by atoms with Gasteiger partial charge in [0.2, 0.25) is 11.7 Å². The SMILES string of the molecule is Cc1ccc(NC(=O)c2cc([C@H]3CCCN(C(=O)C4CCCCC4)C3)no2)cc1C. The molecule has 1 saturated carbocycles. The molecule has 0 bridgehead atoms. The van der Waals surface area contributed by atoms with Crippen LogP contribution in [0.4, 0.5) is 5.69 Å². The summed E-state index contributed by atoms with van der Waals surface area (Å²) in [7, 11) is 0. The van der Waals surface area contributed by atoms with Crippen LogP contribution in [-0.2, 0) is 4.79 Å². The minimum absolute atomic E-state index is 0.123. The Morgan fingerprint density at radius 3 is 2.60 bits per heavy atom. The number of piperidine rings is 1. The van der Waals surface area contributed by atoms with Crippen LogP contribution in [0.5, 0.6) is 0 Å². The van der Waals surface area contributed by atoms with Gasteiger partial charge in [-0.05, 0) is 62.8 Å². The summed E-state index contributed by atoms with van der Waals surface area (Å²) in [5.74, 6) is 0.518. The molecule has 2 aliphatic rings. The van der Waals surface area contributed by atoms with Crippen LogP contribution in [-0.4, -0.2) is 35.0 Å². The van der Waals surface area contributed by atoms with Gasteiger partial charge in [0.25, 0.3) is 5.91 Å². The molecule has 2 fully saturated rings. The molecular formula is C24H31N3O3. The second-order valence-electron chi connectivity index (χ2n) is 8.83. The van der Waals surface area contributed by atoms with Crippen LogP contribution in [0.2, 0.25) is 0 Å². The van der Waals surface area contributed by atoms with E-state index in [-0.39, 0.29) is 23.5 Å². The van der Waals surface area contributed by atoms with E-state index in [1.165, 1.54) is 12.0 Å². The lowest BCUT2D eigenvalue weighted by Gasteiger charge is -2.35. The molecule has 160 valence electrons. The normalized spacial score (nSPS) is 20.2. The smallest absolute Gasteiger partial charge is 0.294 e. The summed E-state index contributed by atoms with van der Waals surface area (Å²) in [6, 6.07) is 7.54. The number of benzene rings is 1. The van der Waals surface area contributed by atoms with E-state index < -0.39 is 0 Å². The van der Waals surface area contributed by atoms with Gasteiger partial charge in [-0.25, -0.2) is 0 Å². The topological polar surface area (TPSA) is 75.4 Å². The Hall–Kier alpha value is -2.63. The van der Waals surface area contributed by atoms with Gasteiger partial charge in [0.15, 0.2) is 0 Å². The molecule has 2 heterocycles. The Balaban J connectivity index is 1.39. The molecule has 0 radical (unpaired) electrons. The van der Waals surface area contributed by atoms with E-state index in [0.717, 1.165) is 62.0 Å². The largest absolute Gasteiger partial charge is 0.351 e. The first-order valence-corrected chi connectivity index (χ1v) is 11.2. The summed E-state index contributed by atoms with van der Waals surface area (Å²) in [5.41, 5.74) is 3.81. The number of hydrogen-bond acceptors (Lipinski definition) is 4. The number of likely N-dealkylation sites (tertiary alicyclic amines) is 1. The van der Waals surface area contributed by atoms with Crippen LogP contribution < -0.4 is 5.32 Å². The molecule has 6 heteroatoms. The predicted octanol–water partition coefficient (Wildman–Crippen LogP) is 4.83. The van der Waals surface area contributed by atoms with Gasteiger partial charge < -0.3 is 14.7 Å². The van der Waals surface area contributed by atoms with Crippen molar-refractivity contribution in [2.75, 3.05) is 18.4 Å². The zero-order chi connectivity index (χ0) is 21.1. The number of aromatic nitrogens is 1. The highest BCUT2D eigenvalue weighted by molar-refractivity contribution is 6.02. The number of carbonyl (C=O) groups excluding carboxylic acids is 2. The Bertz CT molecular complexity index is 914. The number of hydrogen-bond donors (Lipinski definition) is 1. The first-order chi connectivity index (χ1) is 14.5. The third-order valence-electron chi connectivity index (χ3n) is 6.62. The highest BCUT2D eigenvalue weighted by Crippen LogP contribution is 2.31. The number of amides is 2. The zero-order valence-electron chi connectivity index (χ0n) is 17.9. The molecule has 1 N–H and O–H groups in total. The quantitative estimate of drug-likeness (QED) is 0.785. The van der Waals surface area contributed by atoms with Crippen LogP contribution >= 0.6 is 0 Å². The number of carbonyl (C=O) groups is 2. The van der Waals surface area contributed by atoms with Gasteiger partial charge in [-0.15, -0.1) is 0 Å². The Morgan fingerprint density at radius 2 is 1.83 bits per heavy atom. The van der Waals surface area contributed by atoms with E-state index in [1.807, 2.05) is 36.9 Å². The van der Waals surface area contributed by atoms with Crippen molar-refractivity contribution < 1.29 is 14.1 Å². The summed E-state index contributed by atoms with van der Waals surface area (Å²) in [6.45, 7) is 5.54. The summed E-state index contributed by atoms with van der Waals surface area (Å²) in [6.07, 6.45) is 7.53. The van der Waals surface area contributed by atoms with E-state index in [4.69, 9.17) is 4.52 Å². The molecule has 6 nitrogen and oxygen atoms in total. The summed E-state index contributed by atoms with van der Waals surface area (Å²) >= 11 is 0. The maximum Gasteiger partial charge on any atom is 0.294 e. The fourth-order valence-electron chi connectivity index (χ4n) is 4.63. The van der Waals surface area contributed by atoms with Gasteiger partial charge in [-0.2, -0.15) is 0 Å². The molecule has 1 aliphatic heterocycles. The lowest BCUT2D eigenvalue weighted by Crippen LogP contribution is -2.42. The van der Waals surface area contributed by atoms with Crippen LogP contribution in [0.25, 0.3) is 0 Å². The van der Waals surface area contributed by atoms with Gasteiger partial charge in [0.05, 0.1) is 5.69 Å². The second kappa shape index (κ2) is 9.02. The molecule has 1 atom stereocenters.